The summed E-state index contributed by atoms with van der Waals surface area (Å²) < 4.78 is 13.7. The van der Waals surface area contributed by atoms with Crippen molar-refractivity contribution >= 4 is 22.2 Å². The largest absolute Gasteiger partial charge is 0.389 e. The van der Waals surface area contributed by atoms with Crippen LogP contribution in [-0.2, 0) is 13.0 Å². The Hall–Kier alpha value is -2.39. The molecule has 0 spiro atoms. The molecular weight excluding hydrogens is 289 g/mol. The molecule has 0 saturated heterocycles. The average Bonchev–Trinajstić information content (AvgIpc) is 2.81. The molecule has 0 aliphatic carbocycles. The number of hydrogen-bond acceptors (Lipinski definition) is 4. The minimum atomic E-state index is -0.517. The van der Waals surface area contributed by atoms with Crippen molar-refractivity contribution in [2.24, 2.45) is 0 Å². The van der Waals surface area contributed by atoms with Crippen molar-refractivity contribution in [3.05, 3.63) is 51.7 Å². The second-order valence-electron chi connectivity index (χ2n) is 4.81. The van der Waals surface area contributed by atoms with Crippen LogP contribution in [0.25, 0.3) is 0 Å². The van der Waals surface area contributed by atoms with Crippen molar-refractivity contribution in [1.82, 2.24) is 4.90 Å². The smallest absolute Gasteiger partial charge is 0.257 e. The first-order valence-electron chi connectivity index (χ1n) is 6.45. The molecule has 1 aliphatic rings. The van der Waals surface area contributed by atoms with E-state index in [4.69, 9.17) is 11.0 Å². The molecule has 6 heteroatoms. The van der Waals surface area contributed by atoms with Gasteiger partial charge < -0.3 is 10.6 Å². The Morgan fingerprint density at radius 3 is 2.90 bits per heavy atom. The first-order valence-corrected chi connectivity index (χ1v) is 7.27. The van der Waals surface area contributed by atoms with Crippen molar-refractivity contribution in [2.75, 3.05) is 12.3 Å². The Balaban J connectivity index is 1.89. The van der Waals surface area contributed by atoms with Crippen LogP contribution in [0.3, 0.4) is 0 Å². The van der Waals surface area contributed by atoms with E-state index in [-0.39, 0.29) is 11.5 Å². The number of hydrogen-bond donors (Lipinski definition) is 1. The van der Waals surface area contributed by atoms with Gasteiger partial charge in [0, 0.05) is 11.4 Å². The van der Waals surface area contributed by atoms with Crippen LogP contribution in [0.5, 0.6) is 0 Å². The Morgan fingerprint density at radius 1 is 1.43 bits per heavy atom. The van der Waals surface area contributed by atoms with E-state index in [2.05, 4.69) is 6.07 Å². The molecule has 0 radical (unpaired) electrons. The molecule has 2 heterocycles. The first-order chi connectivity index (χ1) is 10.1. The molecule has 0 bridgehead atoms. The number of nitrogens with zero attached hydrogens (tertiary/aromatic N) is 2. The molecule has 3 rings (SSSR count). The average molecular weight is 301 g/mol. The number of fused-ring (bicyclic) bond motifs is 1. The lowest BCUT2D eigenvalue weighted by Gasteiger charge is -2.27. The van der Waals surface area contributed by atoms with E-state index in [1.807, 2.05) is 0 Å². The highest BCUT2D eigenvalue weighted by Gasteiger charge is 2.27. The maximum atomic E-state index is 13.7. The number of thiophene rings is 1. The Kier molecular flexibility index (Phi) is 3.35. The zero-order valence-electron chi connectivity index (χ0n) is 11.1. The van der Waals surface area contributed by atoms with Gasteiger partial charge in [-0.15, -0.1) is 11.3 Å². The maximum Gasteiger partial charge on any atom is 0.257 e. The predicted octanol–water partition coefficient (Wildman–Crippen LogP) is 2.54. The highest BCUT2D eigenvalue weighted by Crippen LogP contribution is 2.34. The summed E-state index contributed by atoms with van der Waals surface area (Å²) in [5, 5.41) is 9.59. The van der Waals surface area contributed by atoms with Gasteiger partial charge in [-0.3, -0.25) is 4.79 Å². The van der Waals surface area contributed by atoms with Gasteiger partial charge in [0.1, 0.15) is 16.9 Å². The van der Waals surface area contributed by atoms with Crippen LogP contribution >= 0.6 is 11.3 Å². The minimum Gasteiger partial charge on any atom is -0.389 e. The van der Waals surface area contributed by atoms with Gasteiger partial charge in [-0.1, -0.05) is 12.1 Å². The molecule has 0 saturated carbocycles. The summed E-state index contributed by atoms with van der Waals surface area (Å²) in [5.41, 5.74) is 7.35. The van der Waals surface area contributed by atoms with E-state index in [1.54, 1.807) is 17.0 Å². The normalized spacial score (nSPS) is 13.6. The van der Waals surface area contributed by atoms with Gasteiger partial charge in [0.2, 0.25) is 0 Å². The summed E-state index contributed by atoms with van der Waals surface area (Å²) in [6.45, 7) is 0.837. The molecule has 4 nitrogen and oxygen atoms in total. The molecule has 0 fully saturated rings. The van der Waals surface area contributed by atoms with E-state index in [9.17, 15) is 9.18 Å². The molecule has 2 aromatic rings. The van der Waals surface area contributed by atoms with Crippen LogP contribution in [-0.4, -0.2) is 17.4 Å². The van der Waals surface area contributed by atoms with Gasteiger partial charge in [-0.05, 0) is 24.1 Å². The summed E-state index contributed by atoms with van der Waals surface area (Å²) in [7, 11) is 0. The lowest BCUT2D eigenvalue weighted by molar-refractivity contribution is 0.0732. The minimum absolute atomic E-state index is 0.0750. The first kappa shape index (κ1) is 13.6. The molecule has 1 aliphatic heterocycles. The molecule has 21 heavy (non-hydrogen) atoms. The summed E-state index contributed by atoms with van der Waals surface area (Å²) >= 11 is 1.33. The third kappa shape index (κ3) is 2.26. The van der Waals surface area contributed by atoms with Crippen LogP contribution in [0.4, 0.5) is 9.39 Å². The monoisotopic (exact) mass is 301 g/mol. The van der Waals surface area contributed by atoms with Crippen molar-refractivity contribution in [1.29, 1.82) is 5.26 Å². The Morgan fingerprint density at radius 2 is 2.19 bits per heavy atom. The summed E-state index contributed by atoms with van der Waals surface area (Å²) in [6.07, 6.45) is 0.576. The number of nitriles is 1. The zero-order valence-corrected chi connectivity index (χ0v) is 11.9. The van der Waals surface area contributed by atoms with E-state index in [0.717, 1.165) is 10.4 Å². The molecule has 1 amide bonds. The van der Waals surface area contributed by atoms with E-state index in [1.165, 1.54) is 23.5 Å². The number of rotatable bonds is 1. The lowest BCUT2D eigenvalue weighted by atomic mass is 10.0. The zero-order chi connectivity index (χ0) is 15.0. The van der Waals surface area contributed by atoms with E-state index < -0.39 is 5.82 Å². The number of carbonyl (C=O) groups is 1. The molecule has 2 N–H and O–H groups in total. The van der Waals surface area contributed by atoms with Crippen LogP contribution < -0.4 is 5.73 Å². The number of benzene rings is 1. The van der Waals surface area contributed by atoms with Crippen molar-refractivity contribution in [3.63, 3.8) is 0 Å². The highest BCUT2D eigenvalue weighted by atomic mass is 32.1. The lowest BCUT2D eigenvalue weighted by Crippen LogP contribution is -2.35. The number of nitrogens with two attached hydrogens (primary N) is 1. The number of carbonyl (C=O) groups excluding carboxylic acids is 1. The fourth-order valence-corrected chi connectivity index (χ4v) is 3.61. The van der Waals surface area contributed by atoms with Crippen molar-refractivity contribution in [3.8, 4) is 6.07 Å². The molecular formula is C15H12FN3OS. The van der Waals surface area contributed by atoms with Crippen molar-refractivity contribution in [2.45, 2.75) is 13.0 Å². The van der Waals surface area contributed by atoms with Gasteiger partial charge in [0.05, 0.1) is 17.7 Å². The quantitative estimate of drug-likeness (QED) is 0.880. The number of nitrogen functional groups attached to an aromatic ring is 1. The molecule has 0 unspecified atom stereocenters. The molecule has 1 aromatic heterocycles. The van der Waals surface area contributed by atoms with Gasteiger partial charge in [0.25, 0.3) is 5.91 Å². The number of halogens is 1. The van der Waals surface area contributed by atoms with Crippen LogP contribution in [0.2, 0.25) is 0 Å². The number of anilines is 1. The molecule has 1 aromatic carbocycles. The van der Waals surface area contributed by atoms with Gasteiger partial charge >= 0.3 is 0 Å². The predicted molar refractivity (Wildman–Crippen MR) is 78.3 cm³/mol. The Bertz CT molecular complexity index is 763. The summed E-state index contributed by atoms with van der Waals surface area (Å²) in [5.74, 6) is -0.846. The highest BCUT2D eigenvalue weighted by molar-refractivity contribution is 7.16. The van der Waals surface area contributed by atoms with Crippen molar-refractivity contribution < 1.29 is 9.18 Å². The third-order valence-electron chi connectivity index (χ3n) is 3.59. The van der Waals surface area contributed by atoms with Crippen LogP contribution in [0.1, 0.15) is 26.4 Å². The SMILES string of the molecule is N#Cc1c(N)sc2c1CCN(C(=O)c1ccccc1F)C2. The fraction of sp³-hybridized carbons (Fsp3) is 0.200. The molecule has 0 atom stereocenters. The van der Waals surface area contributed by atoms with Gasteiger partial charge in [-0.2, -0.15) is 5.26 Å². The Labute approximate surface area is 125 Å². The van der Waals surface area contributed by atoms with Gasteiger partial charge in [-0.25, -0.2) is 4.39 Å². The maximum absolute atomic E-state index is 13.7. The molecule has 106 valence electrons. The summed E-state index contributed by atoms with van der Waals surface area (Å²) in [6, 6.07) is 8.07. The standard InChI is InChI=1S/C15H12FN3OS/c16-12-4-2-1-3-10(12)15(20)19-6-5-9-11(7-17)14(18)21-13(9)8-19/h1-4H,5-6,8,18H2. The summed E-state index contributed by atoms with van der Waals surface area (Å²) in [4.78, 5) is 14.9. The second kappa shape index (κ2) is 5.19. The van der Waals surface area contributed by atoms with Gasteiger partial charge in [0.15, 0.2) is 0 Å². The second-order valence-corrected chi connectivity index (χ2v) is 5.95. The van der Waals surface area contributed by atoms with Crippen LogP contribution in [0, 0.1) is 17.1 Å². The van der Waals surface area contributed by atoms with Crippen LogP contribution in [0.15, 0.2) is 24.3 Å². The fourth-order valence-electron chi connectivity index (χ4n) is 2.53. The van der Waals surface area contributed by atoms with E-state index in [0.29, 0.717) is 30.1 Å². The van der Waals surface area contributed by atoms with E-state index >= 15 is 0 Å². The number of amides is 1. The topological polar surface area (TPSA) is 70.1 Å². The third-order valence-corrected chi connectivity index (χ3v) is 4.63.